The van der Waals surface area contributed by atoms with Crippen molar-refractivity contribution in [1.82, 2.24) is 14.8 Å². The van der Waals surface area contributed by atoms with Crippen molar-refractivity contribution in [3.63, 3.8) is 0 Å². The smallest absolute Gasteiger partial charge is 0.246 e. The number of nitrogens with zero attached hydrogens (tertiary/aromatic N) is 3. The van der Waals surface area contributed by atoms with Gasteiger partial charge in [0.1, 0.15) is 6.10 Å². The number of amides is 1. The molecule has 2 rings (SSSR count). The second kappa shape index (κ2) is 5.81. The van der Waals surface area contributed by atoms with Crippen LogP contribution in [-0.2, 0) is 4.79 Å². The Kier molecular flexibility index (Phi) is 3.92. The van der Waals surface area contributed by atoms with Crippen molar-refractivity contribution in [1.29, 1.82) is 0 Å². The second-order valence-corrected chi connectivity index (χ2v) is 3.82. The Morgan fingerprint density at radius 3 is 2.79 bits per heavy atom. The predicted molar refractivity (Wildman–Crippen MR) is 69.3 cm³/mol. The number of aromatic nitrogens is 3. The average molecular weight is 258 g/mol. The molecule has 0 aliphatic heterocycles. The third-order valence-electron chi connectivity index (χ3n) is 2.54. The molecule has 98 valence electrons. The Bertz CT molecular complexity index is 539. The summed E-state index contributed by atoms with van der Waals surface area (Å²) in [6.07, 6.45) is 5.67. The summed E-state index contributed by atoms with van der Waals surface area (Å²) in [5.41, 5.74) is 5.41. The lowest BCUT2D eigenvalue weighted by molar-refractivity contribution is -0.123. The zero-order valence-electron chi connectivity index (χ0n) is 10.2. The van der Waals surface area contributed by atoms with Gasteiger partial charge in [0.2, 0.25) is 11.8 Å². The molecular weight excluding hydrogens is 244 g/mol. The van der Waals surface area contributed by atoms with Crippen LogP contribution < -0.4 is 10.5 Å². The fourth-order valence-corrected chi connectivity index (χ4v) is 1.69. The molecule has 2 aromatic rings. The minimum atomic E-state index is -0.769. The van der Waals surface area contributed by atoms with Gasteiger partial charge in [-0.25, -0.2) is 4.98 Å². The zero-order chi connectivity index (χ0) is 13.7. The zero-order valence-corrected chi connectivity index (χ0v) is 10.2. The summed E-state index contributed by atoms with van der Waals surface area (Å²) in [6, 6.07) is 6.19. The van der Waals surface area contributed by atoms with E-state index in [1.165, 1.54) is 10.8 Å². The first-order valence-corrected chi connectivity index (χ1v) is 5.71. The van der Waals surface area contributed by atoms with E-state index in [0.717, 1.165) is 0 Å². The number of pyridine rings is 1. The fraction of sp³-hybridized carbons (Fsp3) is 0.154. The van der Waals surface area contributed by atoms with E-state index >= 15 is 0 Å². The van der Waals surface area contributed by atoms with Crippen molar-refractivity contribution in [2.45, 2.75) is 12.1 Å². The predicted octanol–water partition coefficient (Wildman–Crippen LogP) is 0.938. The van der Waals surface area contributed by atoms with Crippen molar-refractivity contribution >= 4 is 5.91 Å². The Morgan fingerprint density at radius 2 is 2.26 bits per heavy atom. The Morgan fingerprint density at radius 1 is 1.42 bits per heavy atom. The van der Waals surface area contributed by atoms with Gasteiger partial charge in [-0.15, -0.1) is 0 Å². The molecule has 0 spiro atoms. The van der Waals surface area contributed by atoms with Crippen molar-refractivity contribution in [2.24, 2.45) is 5.73 Å². The number of hydrogen-bond donors (Lipinski definition) is 1. The minimum absolute atomic E-state index is 0.394. The van der Waals surface area contributed by atoms with Gasteiger partial charge in [-0.2, -0.15) is 5.10 Å². The van der Waals surface area contributed by atoms with Crippen LogP contribution in [-0.4, -0.2) is 26.8 Å². The summed E-state index contributed by atoms with van der Waals surface area (Å²) in [7, 11) is 0. The SMILES string of the molecule is C=CC(Oc1ccccn1)C(C(N)=O)n1cccn1. The molecule has 0 bridgehead atoms. The topological polar surface area (TPSA) is 83.0 Å². The number of hydrogen-bond acceptors (Lipinski definition) is 4. The standard InChI is InChI=1S/C13H14N4O2/c1-2-10(19-11-6-3-4-7-15-11)12(13(14)18)17-9-5-8-16-17/h2-10,12H,1H2,(H2,14,18). The summed E-state index contributed by atoms with van der Waals surface area (Å²) in [5, 5.41) is 4.02. The largest absolute Gasteiger partial charge is 0.467 e. The van der Waals surface area contributed by atoms with Crippen LogP contribution in [0.2, 0.25) is 0 Å². The van der Waals surface area contributed by atoms with Gasteiger partial charge in [0.15, 0.2) is 6.04 Å². The molecule has 1 amide bonds. The van der Waals surface area contributed by atoms with Crippen LogP contribution in [0.15, 0.2) is 55.5 Å². The van der Waals surface area contributed by atoms with Gasteiger partial charge < -0.3 is 10.5 Å². The Hall–Kier alpha value is -2.63. The van der Waals surface area contributed by atoms with E-state index in [0.29, 0.717) is 5.88 Å². The van der Waals surface area contributed by atoms with Crippen molar-refractivity contribution in [3.05, 3.63) is 55.5 Å². The lowest BCUT2D eigenvalue weighted by Crippen LogP contribution is -2.38. The molecule has 2 atom stereocenters. The Balaban J connectivity index is 2.23. The molecule has 0 saturated heterocycles. The van der Waals surface area contributed by atoms with Gasteiger partial charge in [0.25, 0.3) is 0 Å². The summed E-state index contributed by atoms with van der Waals surface area (Å²) in [6.45, 7) is 3.67. The molecule has 0 radical (unpaired) electrons. The van der Waals surface area contributed by atoms with Crippen LogP contribution in [0, 0.1) is 0 Å². The molecule has 0 aromatic carbocycles. The van der Waals surface area contributed by atoms with Gasteiger partial charge in [0, 0.05) is 24.7 Å². The number of rotatable bonds is 6. The number of carbonyl (C=O) groups is 1. The molecular formula is C13H14N4O2. The highest BCUT2D eigenvalue weighted by Crippen LogP contribution is 2.17. The molecule has 2 N–H and O–H groups in total. The van der Waals surface area contributed by atoms with E-state index in [4.69, 9.17) is 10.5 Å². The number of ether oxygens (including phenoxy) is 1. The molecule has 6 nitrogen and oxygen atoms in total. The molecule has 0 saturated carbocycles. The highest BCUT2D eigenvalue weighted by atomic mass is 16.5. The maximum absolute atomic E-state index is 11.6. The summed E-state index contributed by atoms with van der Waals surface area (Å²) < 4.78 is 7.06. The second-order valence-electron chi connectivity index (χ2n) is 3.82. The highest BCUT2D eigenvalue weighted by Gasteiger charge is 2.28. The van der Waals surface area contributed by atoms with Crippen LogP contribution >= 0.6 is 0 Å². The van der Waals surface area contributed by atoms with Crippen LogP contribution in [0.5, 0.6) is 5.88 Å². The van der Waals surface area contributed by atoms with Gasteiger partial charge in [-0.3, -0.25) is 9.48 Å². The molecule has 19 heavy (non-hydrogen) atoms. The third kappa shape index (κ3) is 2.98. The van der Waals surface area contributed by atoms with Gasteiger partial charge in [-0.05, 0) is 18.2 Å². The number of primary amides is 1. The van der Waals surface area contributed by atoms with Crippen LogP contribution in [0.4, 0.5) is 0 Å². The third-order valence-corrected chi connectivity index (χ3v) is 2.54. The quantitative estimate of drug-likeness (QED) is 0.781. The van der Waals surface area contributed by atoms with Crippen molar-refractivity contribution in [3.8, 4) is 5.88 Å². The monoisotopic (exact) mass is 258 g/mol. The average Bonchev–Trinajstić information content (AvgIpc) is 2.92. The fourth-order valence-electron chi connectivity index (χ4n) is 1.69. The number of carbonyl (C=O) groups excluding carboxylic acids is 1. The maximum Gasteiger partial charge on any atom is 0.246 e. The van der Waals surface area contributed by atoms with Gasteiger partial charge >= 0.3 is 0 Å². The summed E-state index contributed by atoms with van der Waals surface area (Å²) in [5.74, 6) is -0.157. The van der Waals surface area contributed by atoms with E-state index in [-0.39, 0.29) is 0 Å². The molecule has 2 aromatic heterocycles. The van der Waals surface area contributed by atoms with Gasteiger partial charge in [-0.1, -0.05) is 12.6 Å². The van der Waals surface area contributed by atoms with E-state index in [1.54, 1.807) is 42.9 Å². The molecule has 0 aliphatic carbocycles. The first kappa shape index (κ1) is 12.8. The van der Waals surface area contributed by atoms with Crippen LogP contribution in [0.1, 0.15) is 6.04 Å². The van der Waals surface area contributed by atoms with Crippen molar-refractivity contribution in [2.75, 3.05) is 0 Å². The maximum atomic E-state index is 11.6. The molecule has 0 fully saturated rings. The van der Waals surface area contributed by atoms with Crippen LogP contribution in [0.25, 0.3) is 0 Å². The summed E-state index contributed by atoms with van der Waals surface area (Å²) >= 11 is 0. The molecule has 6 heteroatoms. The van der Waals surface area contributed by atoms with E-state index in [2.05, 4.69) is 16.7 Å². The normalized spacial score (nSPS) is 13.5. The van der Waals surface area contributed by atoms with E-state index in [1.807, 2.05) is 0 Å². The summed E-state index contributed by atoms with van der Waals surface area (Å²) in [4.78, 5) is 15.6. The van der Waals surface area contributed by atoms with E-state index in [9.17, 15) is 4.79 Å². The van der Waals surface area contributed by atoms with E-state index < -0.39 is 18.1 Å². The van der Waals surface area contributed by atoms with Gasteiger partial charge in [0.05, 0.1) is 0 Å². The van der Waals surface area contributed by atoms with Crippen LogP contribution in [0.3, 0.4) is 0 Å². The van der Waals surface area contributed by atoms with Crippen molar-refractivity contribution < 1.29 is 9.53 Å². The first-order chi connectivity index (χ1) is 9.22. The number of nitrogens with two attached hydrogens (primary N) is 1. The lowest BCUT2D eigenvalue weighted by atomic mass is 10.1. The molecule has 2 unspecified atom stereocenters. The highest BCUT2D eigenvalue weighted by molar-refractivity contribution is 5.79. The minimum Gasteiger partial charge on any atom is -0.467 e. The Labute approximate surface area is 110 Å². The molecule has 2 heterocycles. The lowest BCUT2D eigenvalue weighted by Gasteiger charge is -2.22. The first-order valence-electron chi connectivity index (χ1n) is 5.71. The molecule has 0 aliphatic rings.